The second-order valence-electron chi connectivity index (χ2n) is 7.51. The second kappa shape index (κ2) is 10.2. The summed E-state index contributed by atoms with van der Waals surface area (Å²) in [6, 6.07) is 11.1. The number of nitrogens with zero attached hydrogens (tertiary/aromatic N) is 1. The first-order valence-corrected chi connectivity index (χ1v) is 10.8. The number of aromatic nitrogens is 1. The van der Waals surface area contributed by atoms with Crippen LogP contribution in [-0.4, -0.2) is 4.98 Å². The maximum Gasteiger partial charge on any atom is 0.147 e. The molecule has 1 saturated carbocycles. The molecule has 3 heteroatoms. The molecule has 0 bridgehead atoms. The Morgan fingerprint density at radius 1 is 1.04 bits per heavy atom. The van der Waals surface area contributed by atoms with Crippen LogP contribution in [0.4, 0.5) is 0 Å². The van der Waals surface area contributed by atoms with Crippen molar-refractivity contribution in [2.24, 2.45) is 5.92 Å². The van der Waals surface area contributed by atoms with E-state index in [4.69, 9.17) is 23.2 Å². The lowest BCUT2D eigenvalue weighted by molar-refractivity contribution is 0.384. The minimum atomic E-state index is 0.333. The van der Waals surface area contributed by atoms with Crippen LogP contribution in [0, 0.1) is 17.8 Å². The van der Waals surface area contributed by atoms with Gasteiger partial charge in [0.25, 0.3) is 0 Å². The molecule has 1 heterocycles. The molecule has 0 N–H and O–H groups in total. The Bertz CT molecular complexity index is 793. The molecule has 3 rings (SSSR count). The molecule has 0 spiro atoms. The first-order chi connectivity index (χ1) is 13.2. The summed E-state index contributed by atoms with van der Waals surface area (Å²) >= 11 is 11.9. The van der Waals surface area contributed by atoms with Crippen molar-refractivity contribution >= 4 is 23.2 Å². The molecule has 1 nitrogen and oxygen atoms in total. The molecular weight excluding hydrogens is 373 g/mol. The van der Waals surface area contributed by atoms with Crippen LogP contribution in [0.15, 0.2) is 36.5 Å². The summed E-state index contributed by atoms with van der Waals surface area (Å²) in [5.41, 5.74) is 3.81. The van der Waals surface area contributed by atoms with Crippen molar-refractivity contribution < 1.29 is 0 Å². The summed E-state index contributed by atoms with van der Waals surface area (Å²) in [6.07, 6.45) is 11.6. The number of pyridine rings is 1. The van der Waals surface area contributed by atoms with Crippen molar-refractivity contribution in [2.45, 2.75) is 64.2 Å². The molecule has 1 aliphatic rings. The molecular formula is C24H27Cl2N. The molecule has 0 unspecified atom stereocenters. The van der Waals surface area contributed by atoms with Crippen LogP contribution in [0.3, 0.4) is 0 Å². The van der Waals surface area contributed by atoms with Crippen LogP contribution in [0.5, 0.6) is 0 Å². The molecule has 1 aromatic heterocycles. The molecule has 142 valence electrons. The number of rotatable bonds is 5. The van der Waals surface area contributed by atoms with Gasteiger partial charge in [0.15, 0.2) is 0 Å². The zero-order valence-electron chi connectivity index (χ0n) is 16.0. The van der Waals surface area contributed by atoms with Gasteiger partial charge in [-0.15, -0.1) is 0 Å². The van der Waals surface area contributed by atoms with E-state index in [1.807, 2.05) is 0 Å². The average molecular weight is 400 g/mol. The molecule has 1 aromatic carbocycles. The Kier molecular flexibility index (Phi) is 7.62. The number of unbranched alkanes of at least 4 members (excludes halogenated alkanes) is 2. The van der Waals surface area contributed by atoms with E-state index in [0.29, 0.717) is 22.0 Å². The summed E-state index contributed by atoms with van der Waals surface area (Å²) in [7, 11) is 0. The zero-order chi connectivity index (χ0) is 19.1. The van der Waals surface area contributed by atoms with Gasteiger partial charge in [0.2, 0.25) is 0 Å². The van der Waals surface area contributed by atoms with Crippen LogP contribution in [0.2, 0.25) is 10.2 Å². The van der Waals surface area contributed by atoms with Gasteiger partial charge < -0.3 is 0 Å². The molecule has 2 aromatic rings. The minimum absolute atomic E-state index is 0.333. The Labute approximate surface area is 173 Å². The Morgan fingerprint density at radius 2 is 1.78 bits per heavy atom. The number of halogens is 2. The van der Waals surface area contributed by atoms with Gasteiger partial charge >= 0.3 is 0 Å². The molecule has 0 saturated heterocycles. The summed E-state index contributed by atoms with van der Waals surface area (Å²) < 4.78 is 0. The van der Waals surface area contributed by atoms with Gasteiger partial charge in [-0.1, -0.05) is 79.1 Å². The van der Waals surface area contributed by atoms with Crippen LogP contribution in [0.1, 0.15) is 74.5 Å². The average Bonchev–Trinajstić information content (AvgIpc) is 2.70. The fourth-order valence-corrected chi connectivity index (χ4v) is 4.05. The SMILES string of the molecule is CCCCCc1ccc([C@H]2CC[C@H](C#Cc3cnc(Cl)c(Cl)c3)CC2)cc1. The van der Waals surface area contributed by atoms with E-state index in [-0.39, 0.29) is 0 Å². The number of benzene rings is 1. The topological polar surface area (TPSA) is 12.9 Å². The third-order valence-electron chi connectivity index (χ3n) is 5.46. The molecule has 1 fully saturated rings. The van der Waals surface area contributed by atoms with Crippen molar-refractivity contribution in [2.75, 3.05) is 0 Å². The van der Waals surface area contributed by atoms with Crippen LogP contribution >= 0.6 is 23.2 Å². The van der Waals surface area contributed by atoms with Gasteiger partial charge in [0.05, 0.1) is 5.02 Å². The van der Waals surface area contributed by atoms with Gasteiger partial charge in [-0.3, -0.25) is 0 Å². The van der Waals surface area contributed by atoms with Gasteiger partial charge in [-0.2, -0.15) is 0 Å². The van der Waals surface area contributed by atoms with E-state index in [9.17, 15) is 0 Å². The van der Waals surface area contributed by atoms with E-state index in [1.54, 1.807) is 12.3 Å². The lowest BCUT2D eigenvalue weighted by Crippen LogP contribution is -2.12. The number of aryl methyl sites for hydroxylation is 1. The largest absolute Gasteiger partial charge is 0.242 e. The fraction of sp³-hybridized carbons (Fsp3) is 0.458. The van der Waals surface area contributed by atoms with E-state index in [0.717, 1.165) is 18.4 Å². The normalized spacial score (nSPS) is 19.4. The van der Waals surface area contributed by atoms with Crippen molar-refractivity contribution in [3.05, 3.63) is 63.4 Å². The predicted octanol–water partition coefficient (Wildman–Crippen LogP) is 7.45. The Hall–Kier alpha value is -1.49. The van der Waals surface area contributed by atoms with Crippen molar-refractivity contribution in [1.29, 1.82) is 0 Å². The van der Waals surface area contributed by atoms with Crippen LogP contribution in [-0.2, 0) is 6.42 Å². The summed E-state index contributed by atoms with van der Waals surface area (Å²) in [5, 5.41) is 0.796. The highest BCUT2D eigenvalue weighted by Gasteiger charge is 2.21. The maximum atomic E-state index is 6.01. The number of hydrogen-bond acceptors (Lipinski definition) is 1. The van der Waals surface area contributed by atoms with Gasteiger partial charge in [-0.05, 0) is 61.6 Å². The van der Waals surface area contributed by atoms with E-state index < -0.39 is 0 Å². The summed E-state index contributed by atoms with van der Waals surface area (Å²) in [5.74, 6) is 7.76. The van der Waals surface area contributed by atoms with Crippen molar-refractivity contribution in [3.8, 4) is 11.8 Å². The fourth-order valence-electron chi connectivity index (χ4n) is 3.78. The summed E-state index contributed by atoms with van der Waals surface area (Å²) in [4.78, 5) is 4.06. The Morgan fingerprint density at radius 3 is 2.44 bits per heavy atom. The molecule has 0 atom stereocenters. The molecule has 0 amide bonds. The molecule has 27 heavy (non-hydrogen) atoms. The molecule has 0 aliphatic heterocycles. The first-order valence-electron chi connectivity index (χ1n) is 10.1. The minimum Gasteiger partial charge on any atom is -0.242 e. The highest BCUT2D eigenvalue weighted by Crippen LogP contribution is 2.35. The van der Waals surface area contributed by atoms with E-state index in [2.05, 4.69) is 48.0 Å². The lowest BCUT2D eigenvalue weighted by atomic mass is 9.78. The summed E-state index contributed by atoms with van der Waals surface area (Å²) in [6.45, 7) is 2.26. The van der Waals surface area contributed by atoms with Crippen molar-refractivity contribution in [1.82, 2.24) is 4.98 Å². The third kappa shape index (κ3) is 6.00. The van der Waals surface area contributed by atoms with Gasteiger partial charge in [-0.25, -0.2) is 4.98 Å². The second-order valence-corrected chi connectivity index (χ2v) is 8.28. The standard InChI is InChI=1S/C24H27Cl2N/c1-2-3-4-5-18-8-12-21(13-9-18)22-14-10-19(11-15-22)6-7-20-16-23(25)24(26)27-17-20/h8-9,12-13,16-17,19,22H,2-5,10-11,14-15H2,1H3/t19-,22-. The predicted molar refractivity (Wildman–Crippen MR) is 116 cm³/mol. The lowest BCUT2D eigenvalue weighted by Gasteiger charge is -2.26. The number of hydrogen-bond donors (Lipinski definition) is 0. The zero-order valence-corrected chi connectivity index (χ0v) is 17.5. The smallest absolute Gasteiger partial charge is 0.147 e. The van der Waals surface area contributed by atoms with Gasteiger partial charge in [0, 0.05) is 17.7 Å². The van der Waals surface area contributed by atoms with Crippen LogP contribution in [0.25, 0.3) is 0 Å². The first kappa shape index (κ1) is 20.2. The maximum absolute atomic E-state index is 6.01. The van der Waals surface area contributed by atoms with Crippen molar-refractivity contribution in [3.63, 3.8) is 0 Å². The Balaban J connectivity index is 1.51. The van der Waals surface area contributed by atoms with E-state index in [1.165, 1.54) is 49.7 Å². The highest BCUT2D eigenvalue weighted by atomic mass is 35.5. The van der Waals surface area contributed by atoms with Crippen LogP contribution < -0.4 is 0 Å². The highest BCUT2D eigenvalue weighted by molar-refractivity contribution is 6.41. The van der Waals surface area contributed by atoms with E-state index >= 15 is 0 Å². The molecule has 0 radical (unpaired) electrons. The molecule has 1 aliphatic carbocycles. The third-order valence-corrected chi connectivity index (χ3v) is 6.15. The quantitative estimate of drug-likeness (QED) is 0.289. The monoisotopic (exact) mass is 399 g/mol. The van der Waals surface area contributed by atoms with Gasteiger partial charge in [0.1, 0.15) is 5.15 Å².